The maximum absolute atomic E-state index is 10.4. The van der Waals surface area contributed by atoms with Gasteiger partial charge in [-0.25, -0.2) is 0 Å². The summed E-state index contributed by atoms with van der Waals surface area (Å²) in [5.74, 6) is 0. The fourth-order valence-corrected chi connectivity index (χ4v) is 2.57. The summed E-state index contributed by atoms with van der Waals surface area (Å²) in [4.78, 5) is 0.983. The summed E-state index contributed by atoms with van der Waals surface area (Å²) in [5.41, 5.74) is 0.0988. The minimum Gasteiger partial charge on any atom is -0.384 e. The van der Waals surface area contributed by atoms with Crippen LogP contribution in [-0.4, -0.2) is 14.9 Å². The van der Waals surface area contributed by atoms with Crippen molar-refractivity contribution in [1.82, 2.24) is 9.78 Å². The predicted molar refractivity (Wildman–Crippen MR) is 70.2 cm³/mol. The molecule has 92 valence electrons. The highest BCUT2D eigenvalue weighted by molar-refractivity contribution is 7.10. The number of rotatable bonds is 4. The van der Waals surface area contributed by atoms with Gasteiger partial charge in [-0.15, -0.1) is 11.3 Å². The summed E-state index contributed by atoms with van der Waals surface area (Å²) < 4.78 is 1.92. The molecule has 0 aliphatic rings. The largest absolute Gasteiger partial charge is 0.384 e. The third kappa shape index (κ3) is 2.76. The van der Waals surface area contributed by atoms with E-state index in [1.807, 2.05) is 41.4 Å². The third-order valence-electron chi connectivity index (χ3n) is 2.77. The minimum atomic E-state index is -0.829. The number of thiophene rings is 1. The van der Waals surface area contributed by atoms with E-state index >= 15 is 0 Å². The van der Waals surface area contributed by atoms with E-state index in [9.17, 15) is 5.11 Å². The molecule has 0 amide bonds. The molecule has 4 heteroatoms. The van der Waals surface area contributed by atoms with E-state index in [0.29, 0.717) is 12.5 Å². The summed E-state index contributed by atoms with van der Waals surface area (Å²) in [6, 6.07) is 6.25. The number of aliphatic hydroxyl groups is 1. The van der Waals surface area contributed by atoms with Gasteiger partial charge in [-0.1, -0.05) is 6.07 Å². The van der Waals surface area contributed by atoms with Gasteiger partial charge in [0.1, 0.15) is 5.60 Å². The van der Waals surface area contributed by atoms with Gasteiger partial charge in [0.2, 0.25) is 0 Å². The third-order valence-corrected chi connectivity index (χ3v) is 3.89. The summed E-state index contributed by atoms with van der Waals surface area (Å²) >= 11 is 1.58. The monoisotopic (exact) mass is 250 g/mol. The van der Waals surface area contributed by atoms with Crippen LogP contribution in [0, 0.1) is 0 Å². The quantitative estimate of drug-likeness (QED) is 0.906. The first-order valence-electron chi connectivity index (χ1n) is 5.79. The first-order chi connectivity index (χ1) is 7.99. The van der Waals surface area contributed by atoms with Crippen LogP contribution in [0.1, 0.15) is 37.4 Å². The van der Waals surface area contributed by atoms with Crippen molar-refractivity contribution < 1.29 is 5.11 Å². The molecule has 2 aromatic rings. The number of aromatic nitrogens is 2. The van der Waals surface area contributed by atoms with Crippen molar-refractivity contribution in [2.24, 2.45) is 0 Å². The molecule has 1 atom stereocenters. The lowest BCUT2D eigenvalue weighted by Crippen LogP contribution is -2.23. The zero-order valence-corrected chi connectivity index (χ0v) is 11.2. The van der Waals surface area contributed by atoms with E-state index in [1.54, 1.807) is 11.3 Å². The van der Waals surface area contributed by atoms with E-state index in [0.717, 1.165) is 10.6 Å². The molecule has 2 heterocycles. The fourth-order valence-electron chi connectivity index (χ4n) is 1.78. The van der Waals surface area contributed by atoms with Gasteiger partial charge in [0.15, 0.2) is 0 Å². The van der Waals surface area contributed by atoms with Gasteiger partial charge < -0.3 is 5.11 Å². The highest BCUT2D eigenvalue weighted by atomic mass is 32.1. The molecule has 0 radical (unpaired) electrons. The van der Waals surface area contributed by atoms with Crippen LogP contribution in [0.25, 0.3) is 0 Å². The molecule has 0 fully saturated rings. The molecule has 1 unspecified atom stereocenters. The fraction of sp³-hybridized carbons (Fsp3) is 0.462. The lowest BCUT2D eigenvalue weighted by atomic mass is 9.98. The Balaban J connectivity index is 2.14. The summed E-state index contributed by atoms with van der Waals surface area (Å²) in [5, 5.41) is 16.9. The Morgan fingerprint density at radius 3 is 2.76 bits per heavy atom. The van der Waals surface area contributed by atoms with Crippen LogP contribution in [0.4, 0.5) is 0 Å². The van der Waals surface area contributed by atoms with E-state index in [1.165, 1.54) is 0 Å². The first kappa shape index (κ1) is 12.3. The van der Waals surface area contributed by atoms with Crippen molar-refractivity contribution in [3.05, 3.63) is 40.3 Å². The molecule has 0 saturated carbocycles. The molecule has 0 aliphatic heterocycles. The van der Waals surface area contributed by atoms with E-state index in [2.05, 4.69) is 18.9 Å². The SMILES string of the molecule is CC(C)n1ccc(CC(C)(O)c2cccs2)n1. The average Bonchev–Trinajstić information content (AvgIpc) is 2.85. The first-order valence-corrected chi connectivity index (χ1v) is 6.67. The van der Waals surface area contributed by atoms with Gasteiger partial charge in [0, 0.05) is 23.5 Å². The summed E-state index contributed by atoms with van der Waals surface area (Å²) in [6.07, 6.45) is 2.51. The topological polar surface area (TPSA) is 38.0 Å². The van der Waals surface area contributed by atoms with Gasteiger partial charge in [-0.2, -0.15) is 5.10 Å². The maximum atomic E-state index is 10.4. The van der Waals surface area contributed by atoms with Crippen LogP contribution in [0.3, 0.4) is 0 Å². The van der Waals surface area contributed by atoms with E-state index in [-0.39, 0.29) is 0 Å². The smallest absolute Gasteiger partial charge is 0.102 e. The molecule has 0 spiro atoms. The van der Waals surface area contributed by atoms with Crippen molar-refractivity contribution in [1.29, 1.82) is 0 Å². The molecule has 3 nitrogen and oxygen atoms in total. The Morgan fingerprint density at radius 2 is 2.24 bits per heavy atom. The Labute approximate surface area is 106 Å². The van der Waals surface area contributed by atoms with Crippen LogP contribution in [0.2, 0.25) is 0 Å². The molecule has 1 N–H and O–H groups in total. The van der Waals surface area contributed by atoms with Gasteiger partial charge in [-0.05, 0) is 38.3 Å². The molecule has 2 aromatic heterocycles. The van der Waals surface area contributed by atoms with Crippen LogP contribution >= 0.6 is 11.3 Å². The Hall–Kier alpha value is -1.13. The van der Waals surface area contributed by atoms with E-state index < -0.39 is 5.60 Å². The molecule has 0 saturated heterocycles. The lowest BCUT2D eigenvalue weighted by molar-refractivity contribution is 0.0602. The van der Waals surface area contributed by atoms with Crippen LogP contribution in [-0.2, 0) is 12.0 Å². The maximum Gasteiger partial charge on any atom is 0.102 e. The van der Waals surface area contributed by atoms with Gasteiger partial charge >= 0.3 is 0 Å². The molecule has 0 bridgehead atoms. The minimum absolute atomic E-state index is 0.357. The zero-order valence-electron chi connectivity index (χ0n) is 10.4. The van der Waals surface area contributed by atoms with Crippen LogP contribution in [0.5, 0.6) is 0 Å². The zero-order chi connectivity index (χ0) is 12.5. The van der Waals surface area contributed by atoms with Gasteiger partial charge in [0.05, 0.1) is 5.69 Å². The van der Waals surface area contributed by atoms with E-state index in [4.69, 9.17) is 0 Å². The Bertz CT molecular complexity index is 471. The van der Waals surface area contributed by atoms with Crippen molar-refractivity contribution in [2.75, 3.05) is 0 Å². The summed E-state index contributed by atoms with van der Waals surface area (Å²) in [7, 11) is 0. The molecule has 17 heavy (non-hydrogen) atoms. The van der Waals surface area contributed by atoms with Crippen LogP contribution < -0.4 is 0 Å². The van der Waals surface area contributed by atoms with Gasteiger partial charge in [-0.3, -0.25) is 4.68 Å². The molecule has 0 aromatic carbocycles. The highest BCUT2D eigenvalue weighted by Crippen LogP contribution is 2.28. The van der Waals surface area contributed by atoms with Crippen molar-refractivity contribution >= 4 is 11.3 Å². The number of hydrogen-bond donors (Lipinski definition) is 1. The van der Waals surface area contributed by atoms with Crippen LogP contribution in [0.15, 0.2) is 29.8 Å². The number of nitrogens with zero attached hydrogens (tertiary/aromatic N) is 2. The highest BCUT2D eigenvalue weighted by Gasteiger charge is 2.25. The average molecular weight is 250 g/mol. The second-order valence-corrected chi connectivity index (χ2v) is 5.76. The summed E-state index contributed by atoms with van der Waals surface area (Å²) in [6.45, 7) is 6.02. The predicted octanol–water partition coefficient (Wildman–Crippen LogP) is 2.98. The van der Waals surface area contributed by atoms with Crippen molar-refractivity contribution in [2.45, 2.75) is 38.8 Å². The Kier molecular flexibility index (Phi) is 3.35. The normalized spacial score (nSPS) is 15.1. The molecule has 2 rings (SSSR count). The number of hydrogen-bond acceptors (Lipinski definition) is 3. The molecular weight excluding hydrogens is 232 g/mol. The second-order valence-electron chi connectivity index (χ2n) is 4.81. The van der Waals surface area contributed by atoms with Crippen molar-refractivity contribution in [3.63, 3.8) is 0 Å². The second kappa shape index (κ2) is 4.63. The molecular formula is C13H18N2OS. The standard InChI is InChI=1S/C13H18N2OS/c1-10(2)15-7-6-11(14-15)9-13(3,16)12-5-4-8-17-12/h4-8,10,16H,9H2,1-3H3. The molecule has 0 aliphatic carbocycles. The lowest BCUT2D eigenvalue weighted by Gasteiger charge is -2.20. The Morgan fingerprint density at radius 1 is 1.47 bits per heavy atom. The van der Waals surface area contributed by atoms with Crippen molar-refractivity contribution in [3.8, 4) is 0 Å². The van der Waals surface area contributed by atoms with Gasteiger partial charge in [0.25, 0.3) is 0 Å².